The highest BCUT2D eigenvalue weighted by Gasteiger charge is 2.14. The normalized spacial score (nSPS) is 15.3. The van der Waals surface area contributed by atoms with E-state index in [0.29, 0.717) is 6.04 Å². The van der Waals surface area contributed by atoms with Gasteiger partial charge in [0.25, 0.3) is 0 Å². The van der Waals surface area contributed by atoms with E-state index >= 15 is 0 Å². The van der Waals surface area contributed by atoms with Crippen LogP contribution in [0.5, 0.6) is 0 Å². The van der Waals surface area contributed by atoms with Gasteiger partial charge < -0.3 is 10.4 Å². The molecular formula is C10H21NO2. The van der Waals surface area contributed by atoms with E-state index in [1.165, 1.54) is 6.42 Å². The zero-order valence-electron chi connectivity index (χ0n) is 8.84. The second kappa shape index (κ2) is 6.89. The van der Waals surface area contributed by atoms with E-state index in [1.54, 1.807) is 6.92 Å². The molecule has 0 saturated heterocycles. The van der Waals surface area contributed by atoms with Gasteiger partial charge in [-0.2, -0.15) is 0 Å². The highest BCUT2D eigenvalue weighted by atomic mass is 16.4. The molecule has 2 N–H and O–H groups in total. The number of aliphatic carboxylic acids is 1. The number of carbonyl (C=O) groups is 1. The number of nitrogens with one attached hydrogen (secondary N) is 1. The van der Waals surface area contributed by atoms with Crippen molar-refractivity contribution in [2.45, 2.75) is 58.5 Å². The Morgan fingerprint density at radius 3 is 2.46 bits per heavy atom. The van der Waals surface area contributed by atoms with Crippen LogP contribution in [0.2, 0.25) is 0 Å². The molecule has 0 amide bonds. The van der Waals surface area contributed by atoms with Gasteiger partial charge in [0.05, 0.1) is 0 Å². The van der Waals surface area contributed by atoms with Gasteiger partial charge in [0.2, 0.25) is 0 Å². The molecule has 0 rings (SSSR count). The first kappa shape index (κ1) is 12.4. The van der Waals surface area contributed by atoms with Gasteiger partial charge in [-0.3, -0.25) is 4.79 Å². The topological polar surface area (TPSA) is 49.3 Å². The fourth-order valence-electron chi connectivity index (χ4n) is 1.28. The Kier molecular flexibility index (Phi) is 6.59. The van der Waals surface area contributed by atoms with Gasteiger partial charge in [-0.05, 0) is 19.8 Å². The third-order valence-corrected chi connectivity index (χ3v) is 2.26. The maximum Gasteiger partial charge on any atom is 0.320 e. The predicted octanol–water partition coefficient (Wildman–Crippen LogP) is 2.02. The molecule has 0 aliphatic heterocycles. The third kappa shape index (κ3) is 5.64. The molecule has 0 fully saturated rings. The molecule has 0 aliphatic rings. The molecule has 0 aliphatic carbocycles. The van der Waals surface area contributed by atoms with E-state index in [-0.39, 0.29) is 0 Å². The van der Waals surface area contributed by atoms with Gasteiger partial charge in [-0.1, -0.05) is 26.7 Å². The molecule has 0 radical (unpaired) electrons. The van der Waals surface area contributed by atoms with Crippen LogP contribution in [0.15, 0.2) is 0 Å². The van der Waals surface area contributed by atoms with Crippen LogP contribution in [0, 0.1) is 0 Å². The van der Waals surface area contributed by atoms with Gasteiger partial charge in [0.1, 0.15) is 6.04 Å². The van der Waals surface area contributed by atoms with E-state index in [9.17, 15) is 4.79 Å². The monoisotopic (exact) mass is 187 g/mol. The lowest BCUT2D eigenvalue weighted by Crippen LogP contribution is -2.41. The van der Waals surface area contributed by atoms with Crippen LogP contribution in [-0.4, -0.2) is 23.2 Å². The minimum absolute atomic E-state index is 0.353. The summed E-state index contributed by atoms with van der Waals surface area (Å²) in [6.45, 7) is 5.92. The molecule has 78 valence electrons. The van der Waals surface area contributed by atoms with E-state index < -0.39 is 12.0 Å². The van der Waals surface area contributed by atoms with Gasteiger partial charge in [0, 0.05) is 6.04 Å². The minimum atomic E-state index is -0.769. The van der Waals surface area contributed by atoms with Crippen molar-refractivity contribution in [2.24, 2.45) is 0 Å². The molecule has 3 nitrogen and oxygen atoms in total. The van der Waals surface area contributed by atoms with Crippen molar-refractivity contribution in [3.05, 3.63) is 0 Å². The van der Waals surface area contributed by atoms with Gasteiger partial charge in [-0.25, -0.2) is 0 Å². The Hall–Kier alpha value is -0.570. The number of carboxylic acid groups (broad SMARTS) is 1. The Labute approximate surface area is 80.5 Å². The summed E-state index contributed by atoms with van der Waals surface area (Å²) in [5.41, 5.74) is 0. The Balaban J connectivity index is 3.75. The third-order valence-electron chi connectivity index (χ3n) is 2.26. The van der Waals surface area contributed by atoms with Crippen molar-refractivity contribution >= 4 is 5.97 Å². The van der Waals surface area contributed by atoms with Crippen molar-refractivity contribution in [3.8, 4) is 0 Å². The number of rotatable bonds is 7. The average molecular weight is 187 g/mol. The van der Waals surface area contributed by atoms with Crippen LogP contribution in [0.25, 0.3) is 0 Å². The lowest BCUT2D eigenvalue weighted by molar-refractivity contribution is -0.139. The molecule has 0 bridgehead atoms. The van der Waals surface area contributed by atoms with Crippen molar-refractivity contribution in [1.82, 2.24) is 5.32 Å². The first-order chi connectivity index (χ1) is 6.11. The smallest absolute Gasteiger partial charge is 0.320 e. The Morgan fingerprint density at radius 2 is 2.08 bits per heavy atom. The van der Waals surface area contributed by atoms with E-state index in [4.69, 9.17) is 5.11 Å². The fourth-order valence-corrected chi connectivity index (χ4v) is 1.28. The summed E-state index contributed by atoms with van der Waals surface area (Å²) >= 11 is 0. The molecule has 3 heteroatoms. The van der Waals surface area contributed by atoms with Crippen molar-refractivity contribution in [3.63, 3.8) is 0 Å². The molecule has 13 heavy (non-hydrogen) atoms. The number of hydrogen-bond donors (Lipinski definition) is 2. The molecule has 0 heterocycles. The second-order valence-corrected chi connectivity index (χ2v) is 3.47. The molecule has 0 aromatic rings. The number of carboxylic acids is 1. The summed E-state index contributed by atoms with van der Waals surface area (Å²) in [7, 11) is 0. The molecule has 2 atom stereocenters. The van der Waals surface area contributed by atoms with Crippen LogP contribution in [0.1, 0.15) is 46.5 Å². The van der Waals surface area contributed by atoms with Crippen LogP contribution in [0.3, 0.4) is 0 Å². The standard InChI is InChI=1S/C10H21NO2/c1-4-6-7-9(5-2)11-8(3)10(12)13/h8-9,11H,4-7H2,1-3H3,(H,12,13). The summed E-state index contributed by atoms with van der Waals surface area (Å²) in [5.74, 6) is -0.769. The molecule has 0 spiro atoms. The average Bonchev–Trinajstić information content (AvgIpc) is 2.11. The summed E-state index contributed by atoms with van der Waals surface area (Å²) in [6, 6.07) is -0.0761. The van der Waals surface area contributed by atoms with Crippen molar-refractivity contribution < 1.29 is 9.90 Å². The molecular weight excluding hydrogens is 166 g/mol. The van der Waals surface area contributed by atoms with Gasteiger partial charge >= 0.3 is 5.97 Å². The summed E-state index contributed by atoms with van der Waals surface area (Å²) in [5, 5.41) is 11.8. The van der Waals surface area contributed by atoms with Crippen LogP contribution in [-0.2, 0) is 4.79 Å². The Morgan fingerprint density at radius 1 is 1.46 bits per heavy atom. The Bertz CT molecular complexity index is 148. The lowest BCUT2D eigenvalue weighted by atomic mass is 10.1. The molecule has 0 aromatic heterocycles. The summed E-state index contributed by atoms with van der Waals surface area (Å²) in [6.07, 6.45) is 4.40. The highest BCUT2D eigenvalue weighted by Crippen LogP contribution is 2.04. The molecule has 2 unspecified atom stereocenters. The zero-order valence-corrected chi connectivity index (χ0v) is 8.84. The highest BCUT2D eigenvalue weighted by molar-refractivity contribution is 5.72. The maximum absolute atomic E-state index is 10.6. The van der Waals surface area contributed by atoms with Crippen molar-refractivity contribution in [1.29, 1.82) is 0 Å². The van der Waals surface area contributed by atoms with E-state index in [0.717, 1.165) is 19.3 Å². The largest absolute Gasteiger partial charge is 0.480 e. The maximum atomic E-state index is 10.6. The van der Waals surface area contributed by atoms with E-state index in [2.05, 4.69) is 19.2 Å². The van der Waals surface area contributed by atoms with Crippen molar-refractivity contribution in [2.75, 3.05) is 0 Å². The van der Waals surface area contributed by atoms with Crippen LogP contribution in [0.4, 0.5) is 0 Å². The van der Waals surface area contributed by atoms with Gasteiger partial charge in [-0.15, -0.1) is 0 Å². The van der Waals surface area contributed by atoms with E-state index in [1.807, 2.05) is 0 Å². The summed E-state index contributed by atoms with van der Waals surface area (Å²) in [4.78, 5) is 10.6. The fraction of sp³-hybridized carbons (Fsp3) is 0.900. The van der Waals surface area contributed by atoms with Gasteiger partial charge in [0.15, 0.2) is 0 Å². The molecule has 0 saturated carbocycles. The quantitative estimate of drug-likeness (QED) is 0.641. The SMILES string of the molecule is CCCCC(CC)NC(C)C(=O)O. The lowest BCUT2D eigenvalue weighted by Gasteiger charge is -2.19. The van der Waals surface area contributed by atoms with Crippen LogP contribution >= 0.6 is 0 Å². The van der Waals surface area contributed by atoms with Crippen LogP contribution < -0.4 is 5.32 Å². The molecule has 0 aromatic carbocycles. The first-order valence-corrected chi connectivity index (χ1v) is 5.10. The number of hydrogen-bond acceptors (Lipinski definition) is 2. The first-order valence-electron chi connectivity index (χ1n) is 5.10. The predicted molar refractivity (Wildman–Crippen MR) is 53.8 cm³/mol. The number of unbranched alkanes of at least 4 members (excludes halogenated alkanes) is 1. The minimum Gasteiger partial charge on any atom is -0.480 e. The summed E-state index contributed by atoms with van der Waals surface area (Å²) < 4.78 is 0. The zero-order chi connectivity index (χ0) is 10.3. The second-order valence-electron chi connectivity index (χ2n) is 3.47.